The van der Waals surface area contributed by atoms with Gasteiger partial charge in [-0.15, -0.1) is 0 Å². The maximum absolute atomic E-state index is 13.9. The van der Waals surface area contributed by atoms with Crippen LogP contribution in [0.25, 0.3) is 0 Å². The van der Waals surface area contributed by atoms with Gasteiger partial charge in [-0.25, -0.2) is 4.39 Å². The van der Waals surface area contributed by atoms with E-state index in [0.717, 1.165) is 12.8 Å². The molecule has 1 atom stereocenters. The average molecular weight is 370 g/mol. The fourth-order valence-corrected chi connectivity index (χ4v) is 3.39. The Balaban J connectivity index is 2.26. The predicted molar refractivity (Wildman–Crippen MR) is 92.0 cm³/mol. The van der Waals surface area contributed by atoms with Crippen LogP contribution in [0.4, 0.5) is 4.39 Å². The third kappa shape index (κ3) is 3.87. The van der Waals surface area contributed by atoms with Crippen LogP contribution in [0.3, 0.4) is 0 Å². The van der Waals surface area contributed by atoms with Gasteiger partial charge in [-0.2, -0.15) is 0 Å². The molecule has 0 aromatic heterocycles. The number of rotatable bonds is 5. The van der Waals surface area contributed by atoms with Crippen LogP contribution in [0, 0.1) is 5.82 Å². The Bertz CT molecular complexity index is 604. The van der Waals surface area contributed by atoms with Crippen LogP contribution in [0.15, 0.2) is 36.4 Å². The maximum atomic E-state index is 13.9. The van der Waals surface area contributed by atoms with Crippen LogP contribution >= 0.6 is 27.5 Å². The molecule has 0 fully saturated rings. The normalized spacial score (nSPS) is 12.4. The lowest BCUT2D eigenvalue weighted by atomic mass is 9.96. The minimum Gasteiger partial charge on any atom is -0.207 e. The highest BCUT2D eigenvalue weighted by molar-refractivity contribution is 9.09. The predicted octanol–water partition coefficient (Wildman–Crippen LogP) is 6.28. The molecule has 0 radical (unpaired) electrons. The Morgan fingerprint density at radius 1 is 1.10 bits per heavy atom. The molecule has 0 saturated heterocycles. The van der Waals surface area contributed by atoms with Crippen molar-refractivity contribution in [3.63, 3.8) is 0 Å². The molecule has 0 aliphatic carbocycles. The van der Waals surface area contributed by atoms with Crippen LogP contribution in [0.5, 0.6) is 0 Å². The maximum Gasteiger partial charge on any atom is 0.127 e. The summed E-state index contributed by atoms with van der Waals surface area (Å²) in [5.74, 6) is -0.243. The lowest BCUT2D eigenvalue weighted by Crippen LogP contribution is -2.01. The highest BCUT2D eigenvalue weighted by Crippen LogP contribution is 2.32. The zero-order valence-corrected chi connectivity index (χ0v) is 14.6. The van der Waals surface area contributed by atoms with Gasteiger partial charge in [-0.3, -0.25) is 0 Å². The molecule has 0 amide bonds. The molecule has 112 valence electrons. The van der Waals surface area contributed by atoms with E-state index >= 15 is 0 Å². The number of alkyl halides is 1. The molecule has 0 saturated carbocycles. The quantitative estimate of drug-likeness (QED) is 0.544. The molecule has 0 N–H and O–H groups in total. The van der Waals surface area contributed by atoms with Gasteiger partial charge in [0.05, 0.1) is 0 Å². The summed E-state index contributed by atoms with van der Waals surface area (Å²) in [5, 5.41) is 0.486. The topological polar surface area (TPSA) is 0 Å². The number of benzene rings is 2. The van der Waals surface area contributed by atoms with E-state index in [2.05, 4.69) is 48.0 Å². The zero-order valence-electron chi connectivity index (χ0n) is 12.3. The van der Waals surface area contributed by atoms with Gasteiger partial charge in [0, 0.05) is 15.4 Å². The monoisotopic (exact) mass is 368 g/mol. The van der Waals surface area contributed by atoms with E-state index in [1.165, 1.54) is 22.8 Å². The summed E-state index contributed by atoms with van der Waals surface area (Å²) in [6, 6.07) is 11.3. The Hall–Kier alpha value is -0.860. The van der Waals surface area contributed by atoms with E-state index in [-0.39, 0.29) is 10.6 Å². The summed E-state index contributed by atoms with van der Waals surface area (Å²) in [6.45, 7) is 4.33. The van der Waals surface area contributed by atoms with Crippen molar-refractivity contribution in [2.75, 3.05) is 0 Å². The smallest absolute Gasteiger partial charge is 0.127 e. The van der Waals surface area contributed by atoms with Crippen molar-refractivity contribution >= 4 is 27.5 Å². The largest absolute Gasteiger partial charge is 0.207 e. The molecule has 3 heteroatoms. The van der Waals surface area contributed by atoms with Crippen molar-refractivity contribution in [2.45, 2.75) is 37.9 Å². The summed E-state index contributed by atoms with van der Waals surface area (Å²) < 4.78 is 13.9. The van der Waals surface area contributed by atoms with Crippen molar-refractivity contribution in [2.24, 2.45) is 0 Å². The first-order chi connectivity index (χ1) is 10.1. The molecule has 2 rings (SSSR count). The van der Waals surface area contributed by atoms with Crippen LogP contribution in [0.1, 0.15) is 40.9 Å². The Labute approximate surface area is 139 Å². The zero-order chi connectivity index (χ0) is 15.4. The molecule has 2 aromatic carbocycles. The van der Waals surface area contributed by atoms with Gasteiger partial charge < -0.3 is 0 Å². The van der Waals surface area contributed by atoms with Crippen molar-refractivity contribution in [3.05, 3.63) is 69.5 Å². The van der Waals surface area contributed by atoms with Gasteiger partial charge in [0.1, 0.15) is 5.82 Å². The lowest BCUT2D eigenvalue weighted by molar-refractivity contribution is 0.608. The number of hydrogen-bond donors (Lipinski definition) is 0. The van der Waals surface area contributed by atoms with Crippen molar-refractivity contribution in [1.82, 2.24) is 0 Å². The molecule has 0 aliphatic heterocycles. The Morgan fingerprint density at radius 3 is 2.43 bits per heavy atom. The molecule has 1 unspecified atom stereocenters. The van der Waals surface area contributed by atoms with Crippen LogP contribution in [0.2, 0.25) is 5.02 Å². The number of halogens is 3. The number of aryl methyl sites for hydroxylation is 2. The highest BCUT2D eigenvalue weighted by Gasteiger charge is 2.15. The fourth-order valence-electron chi connectivity index (χ4n) is 2.54. The molecular formula is C18H19BrClF. The number of hydrogen-bond acceptors (Lipinski definition) is 0. The van der Waals surface area contributed by atoms with Crippen molar-refractivity contribution in [1.29, 1.82) is 0 Å². The highest BCUT2D eigenvalue weighted by atomic mass is 79.9. The van der Waals surface area contributed by atoms with E-state index in [0.29, 0.717) is 17.0 Å². The van der Waals surface area contributed by atoms with Gasteiger partial charge in [0.15, 0.2) is 0 Å². The standard InChI is InChI=1S/C18H19BrClF/c1-3-12-8-9-14(10-13(12)4-2)16(19)11-15-17(20)6-5-7-18(15)21/h5-10,16H,3-4,11H2,1-2H3. The fraction of sp³-hybridized carbons (Fsp3) is 0.333. The minimum atomic E-state index is -0.243. The Morgan fingerprint density at radius 2 is 1.81 bits per heavy atom. The summed E-state index contributed by atoms with van der Waals surface area (Å²) in [5.41, 5.74) is 4.48. The molecule has 0 spiro atoms. The van der Waals surface area contributed by atoms with E-state index in [1.54, 1.807) is 12.1 Å². The summed E-state index contributed by atoms with van der Waals surface area (Å²) in [7, 11) is 0. The van der Waals surface area contributed by atoms with Gasteiger partial charge in [0.2, 0.25) is 0 Å². The van der Waals surface area contributed by atoms with Crippen molar-refractivity contribution in [3.8, 4) is 0 Å². The summed E-state index contributed by atoms with van der Waals surface area (Å²) in [4.78, 5) is 0.0584. The van der Waals surface area contributed by atoms with Crippen LogP contribution in [-0.2, 0) is 19.3 Å². The second kappa shape index (κ2) is 7.42. The van der Waals surface area contributed by atoms with Crippen molar-refractivity contribution < 1.29 is 4.39 Å². The minimum absolute atomic E-state index is 0.0584. The molecule has 21 heavy (non-hydrogen) atoms. The van der Waals surface area contributed by atoms with E-state index < -0.39 is 0 Å². The Kier molecular flexibility index (Phi) is 5.83. The first-order valence-corrected chi connectivity index (χ1v) is 8.54. The first-order valence-electron chi connectivity index (χ1n) is 7.25. The molecule has 0 aliphatic rings. The average Bonchev–Trinajstić information content (AvgIpc) is 2.50. The molecule has 0 nitrogen and oxygen atoms in total. The van der Waals surface area contributed by atoms with E-state index in [9.17, 15) is 4.39 Å². The summed E-state index contributed by atoms with van der Waals surface area (Å²) >= 11 is 9.78. The molecule has 0 bridgehead atoms. The first kappa shape index (κ1) is 16.5. The third-order valence-corrected chi connectivity index (χ3v) is 5.01. The summed E-state index contributed by atoms with van der Waals surface area (Å²) in [6.07, 6.45) is 2.59. The van der Waals surface area contributed by atoms with Crippen LogP contribution < -0.4 is 0 Å². The van der Waals surface area contributed by atoms with Gasteiger partial charge in [-0.05, 0) is 48.1 Å². The lowest BCUT2D eigenvalue weighted by Gasteiger charge is -2.15. The van der Waals surface area contributed by atoms with E-state index in [1.807, 2.05) is 0 Å². The van der Waals surface area contributed by atoms with E-state index in [4.69, 9.17) is 11.6 Å². The van der Waals surface area contributed by atoms with Gasteiger partial charge in [0.25, 0.3) is 0 Å². The second-order valence-corrected chi connectivity index (χ2v) is 6.62. The molecular weight excluding hydrogens is 351 g/mol. The van der Waals surface area contributed by atoms with Gasteiger partial charge in [-0.1, -0.05) is 65.6 Å². The van der Waals surface area contributed by atoms with Crippen LogP contribution in [-0.4, -0.2) is 0 Å². The second-order valence-electron chi connectivity index (χ2n) is 5.11. The third-order valence-electron chi connectivity index (χ3n) is 3.80. The molecule has 0 heterocycles. The molecule has 2 aromatic rings. The van der Waals surface area contributed by atoms with Gasteiger partial charge >= 0.3 is 0 Å². The SMILES string of the molecule is CCc1ccc(C(Br)Cc2c(F)cccc2Cl)cc1CC.